The molecule has 7 nitrogen and oxygen atoms in total. The molecule has 0 radical (unpaired) electrons. The third kappa shape index (κ3) is 3.78. The van der Waals surface area contributed by atoms with Gasteiger partial charge < -0.3 is 18.6 Å². The van der Waals surface area contributed by atoms with E-state index in [9.17, 15) is 26.4 Å². The smallest absolute Gasteiger partial charge is 0.453 e. The molecule has 1 saturated heterocycles. The second-order valence-corrected chi connectivity index (χ2v) is 7.83. The zero-order valence-corrected chi connectivity index (χ0v) is 15.5. The van der Waals surface area contributed by atoms with Crippen molar-refractivity contribution in [1.82, 2.24) is 4.90 Å². The lowest BCUT2D eigenvalue weighted by Crippen LogP contribution is -2.43. The Kier molecular flexibility index (Phi) is 6.11. The Morgan fingerprint density at radius 2 is 2.00 bits per heavy atom. The van der Waals surface area contributed by atoms with E-state index in [1.807, 2.05) is 6.92 Å². The van der Waals surface area contributed by atoms with Gasteiger partial charge in [0.25, 0.3) is 0 Å². The van der Waals surface area contributed by atoms with E-state index in [0.29, 0.717) is 6.42 Å². The van der Waals surface area contributed by atoms with E-state index in [1.54, 1.807) is 0 Å². The first-order valence-corrected chi connectivity index (χ1v) is 9.53. The lowest BCUT2D eigenvalue weighted by atomic mass is 9.85. The van der Waals surface area contributed by atoms with Crippen LogP contribution in [0.3, 0.4) is 0 Å². The number of ether oxygens (including phenoxy) is 2. The molecule has 0 aromatic carbocycles. The van der Waals surface area contributed by atoms with Gasteiger partial charge in [-0.3, -0.25) is 0 Å². The second kappa shape index (κ2) is 7.63. The molecule has 0 N–H and O–H groups in total. The van der Waals surface area contributed by atoms with Crippen molar-refractivity contribution in [2.45, 2.75) is 43.8 Å². The average Bonchev–Trinajstić information content (AvgIpc) is 2.71. The summed E-state index contributed by atoms with van der Waals surface area (Å²) < 4.78 is 74.8. The van der Waals surface area contributed by atoms with Crippen LogP contribution >= 0.6 is 0 Å². The molecule has 0 aromatic rings. The van der Waals surface area contributed by atoms with Gasteiger partial charge in [0, 0.05) is 31.5 Å². The summed E-state index contributed by atoms with van der Waals surface area (Å²) in [4.78, 5) is 13.7. The minimum atomic E-state index is -5.76. The van der Waals surface area contributed by atoms with Crippen LogP contribution in [0, 0.1) is 11.8 Å². The lowest BCUT2D eigenvalue weighted by Gasteiger charge is -2.31. The van der Waals surface area contributed by atoms with Crippen LogP contribution in [0.2, 0.25) is 0 Å². The number of hydrogen-bond acceptors (Lipinski definition) is 6. The molecule has 1 aliphatic carbocycles. The first-order chi connectivity index (χ1) is 12.1. The quantitative estimate of drug-likeness (QED) is 0.520. The van der Waals surface area contributed by atoms with Crippen molar-refractivity contribution in [1.29, 1.82) is 0 Å². The van der Waals surface area contributed by atoms with Crippen molar-refractivity contribution >= 4 is 16.2 Å². The van der Waals surface area contributed by atoms with E-state index < -0.39 is 27.8 Å². The third-order valence-corrected chi connectivity index (χ3v) is 5.94. The van der Waals surface area contributed by atoms with Crippen molar-refractivity contribution in [2.24, 2.45) is 11.8 Å². The van der Waals surface area contributed by atoms with E-state index in [0.717, 1.165) is 0 Å². The van der Waals surface area contributed by atoms with Gasteiger partial charge in [-0.15, -0.1) is 0 Å². The summed E-state index contributed by atoms with van der Waals surface area (Å²) in [7, 11) is -3.04. The van der Waals surface area contributed by atoms with Crippen LogP contribution in [-0.4, -0.2) is 57.8 Å². The Morgan fingerprint density at radius 3 is 2.50 bits per heavy atom. The first-order valence-electron chi connectivity index (χ1n) is 8.12. The molecular formula is C15H22F3NO6S. The number of fused-ring (bicyclic) bond motifs is 2. The van der Waals surface area contributed by atoms with E-state index in [2.05, 4.69) is 4.18 Å². The number of methoxy groups -OCH3 is 2. The predicted octanol–water partition coefficient (Wildman–Crippen LogP) is 2.64. The number of alkyl halides is 3. The fraction of sp³-hybridized carbons (Fsp3) is 0.800. The molecule has 0 aromatic heterocycles. The van der Waals surface area contributed by atoms with E-state index in [1.165, 1.54) is 25.2 Å². The van der Waals surface area contributed by atoms with Gasteiger partial charge in [0.05, 0.1) is 13.7 Å². The van der Waals surface area contributed by atoms with Gasteiger partial charge in [-0.1, -0.05) is 6.92 Å². The standard InChI is InChI=1S/C15H22F3NO6S/c1-4-12-10-6-5-9(25-26(21,22)15(16,17)18)7-13(11(10)8-23-2)19(12)14(20)24-3/h5,10-13H,4,6-8H2,1-3H3/t10-,11+,12-,13+/m0/s1. The molecule has 11 heteroatoms. The van der Waals surface area contributed by atoms with Crippen molar-refractivity contribution < 1.29 is 40.0 Å². The molecular weight excluding hydrogens is 379 g/mol. The van der Waals surface area contributed by atoms with Crippen molar-refractivity contribution in [3.05, 3.63) is 11.8 Å². The molecule has 2 rings (SSSR count). The molecule has 1 aliphatic heterocycles. The Balaban J connectivity index is 2.35. The summed E-state index contributed by atoms with van der Waals surface area (Å²) in [6.45, 7) is 2.18. The van der Waals surface area contributed by atoms with Crippen LogP contribution in [-0.2, 0) is 23.8 Å². The normalized spacial score (nSPS) is 29.2. The topological polar surface area (TPSA) is 82.1 Å². The number of carbonyl (C=O) groups is 1. The van der Waals surface area contributed by atoms with Gasteiger partial charge in [-0.05, 0) is 24.8 Å². The Labute approximate surface area is 150 Å². The number of nitrogens with zero attached hydrogens (tertiary/aromatic N) is 1. The van der Waals surface area contributed by atoms with Crippen LogP contribution < -0.4 is 0 Å². The van der Waals surface area contributed by atoms with Gasteiger partial charge in [-0.2, -0.15) is 21.6 Å². The van der Waals surface area contributed by atoms with Crippen LogP contribution in [0.1, 0.15) is 26.2 Å². The van der Waals surface area contributed by atoms with E-state index >= 15 is 0 Å². The largest absolute Gasteiger partial charge is 0.534 e. The zero-order chi connectivity index (χ0) is 19.7. The molecule has 2 bridgehead atoms. The van der Waals surface area contributed by atoms with E-state index in [-0.39, 0.29) is 43.1 Å². The molecule has 1 fully saturated rings. The Bertz CT molecular complexity index is 663. The summed E-state index contributed by atoms with van der Waals surface area (Å²) >= 11 is 0. The van der Waals surface area contributed by atoms with Crippen LogP contribution in [0.5, 0.6) is 0 Å². The van der Waals surface area contributed by atoms with Crippen molar-refractivity contribution in [3.8, 4) is 0 Å². The summed E-state index contributed by atoms with van der Waals surface area (Å²) in [5.41, 5.74) is -5.51. The molecule has 1 amide bonds. The van der Waals surface area contributed by atoms with Gasteiger partial charge in [0.2, 0.25) is 0 Å². The highest BCUT2D eigenvalue weighted by Gasteiger charge is 2.53. The monoisotopic (exact) mass is 401 g/mol. The molecule has 0 unspecified atom stereocenters. The van der Waals surface area contributed by atoms with Gasteiger partial charge in [0.15, 0.2) is 0 Å². The Morgan fingerprint density at radius 1 is 1.35 bits per heavy atom. The fourth-order valence-corrected chi connectivity index (χ4v) is 4.44. The summed E-state index contributed by atoms with van der Waals surface area (Å²) in [6.07, 6.45) is 1.50. The number of likely N-dealkylation sites (tertiary alicyclic amines) is 1. The molecule has 150 valence electrons. The molecule has 26 heavy (non-hydrogen) atoms. The number of allylic oxidation sites excluding steroid dienone is 1. The number of hydrogen-bond donors (Lipinski definition) is 0. The van der Waals surface area contributed by atoms with Crippen LogP contribution in [0.4, 0.5) is 18.0 Å². The molecule has 0 saturated carbocycles. The highest BCUT2D eigenvalue weighted by molar-refractivity contribution is 7.87. The van der Waals surface area contributed by atoms with Crippen molar-refractivity contribution in [3.63, 3.8) is 0 Å². The number of rotatable bonds is 5. The van der Waals surface area contributed by atoms with Gasteiger partial charge >= 0.3 is 21.7 Å². The Hall–Kier alpha value is -1.49. The van der Waals surface area contributed by atoms with Gasteiger partial charge in [-0.25, -0.2) is 4.79 Å². The third-order valence-electron chi connectivity index (χ3n) is 4.94. The van der Waals surface area contributed by atoms with Crippen molar-refractivity contribution in [2.75, 3.05) is 20.8 Å². The molecule has 1 heterocycles. The number of halogens is 3. The summed E-state index contributed by atoms with van der Waals surface area (Å²) in [6, 6.07) is -0.751. The zero-order valence-electron chi connectivity index (χ0n) is 14.7. The summed E-state index contributed by atoms with van der Waals surface area (Å²) in [5, 5.41) is 0. The number of carbonyl (C=O) groups excluding carboxylic acids is 1. The maximum absolute atomic E-state index is 12.6. The SMILES string of the molecule is CC[C@H]1[C@H]2CC=C(OS(=O)(=O)C(F)(F)F)C[C@H]([C@@H]2COC)N1C(=O)OC. The number of amides is 1. The predicted molar refractivity (Wildman–Crippen MR) is 84.3 cm³/mol. The second-order valence-electron chi connectivity index (χ2n) is 6.30. The first kappa shape index (κ1) is 20.8. The minimum Gasteiger partial charge on any atom is -0.453 e. The van der Waals surface area contributed by atoms with Gasteiger partial charge in [0.1, 0.15) is 5.76 Å². The maximum atomic E-state index is 12.6. The lowest BCUT2D eigenvalue weighted by molar-refractivity contribution is -0.0525. The fourth-order valence-electron chi connectivity index (χ4n) is 3.93. The minimum absolute atomic E-state index is 0.0984. The van der Waals surface area contributed by atoms with Crippen LogP contribution in [0.15, 0.2) is 11.8 Å². The summed E-state index contributed by atoms with van der Waals surface area (Å²) in [5.74, 6) is -0.590. The van der Waals surface area contributed by atoms with Crippen LogP contribution in [0.25, 0.3) is 0 Å². The van der Waals surface area contributed by atoms with E-state index in [4.69, 9.17) is 9.47 Å². The highest BCUT2D eigenvalue weighted by atomic mass is 32.2. The molecule has 4 atom stereocenters. The average molecular weight is 401 g/mol. The molecule has 2 aliphatic rings. The molecule has 0 spiro atoms. The highest BCUT2D eigenvalue weighted by Crippen LogP contribution is 2.45. The maximum Gasteiger partial charge on any atom is 0.534 e.